The maximum absolute atomic E-state index is 12.6. The van der Waals surface area contributed by atoms with E-state index >= 15 is 0 Å². The number of anilines is 1. The highest BCUT2D eigenvalue weighted by molar-refractivity contribution is 8.26. The maximum Gasteiger partial charge on any atom is 0.300 e. The van der Waals surface area contributed by atoms with E-state index in [-0.39, 0.29) is 24.6 Å². The molecule has 0 radical (unpaired) electrons. The lowest BCUT2D eigenvalue weighted by molar-refractivity contribution is -0.393. The summed E-state index contributed by atoms with van der Waals surface area (Å²) in [5.41, 5.74) is 4.50. The van der Waals surface area contributed by atoms with Crippen LogP contribution in [-0.4, -0.2) is 37.4 Å². The van der Waals surface area contributed by atoms with E-state index in [1.165, 1.54) is 4.90 Å². The first-order valence-corrected chi connectivity index (χ1v) is 10.9. The van der Waals surface area contributed by atoms with Gasteiger partial charge in [0.25, 0.3) is 11.6 Å². The minimum Gasteiger partial charge on any atom is -0.292 e. The van der Waals surface area contributed by atoms with Crippen molar-refractivity contribution in [2.45, 2.75) is 6.42 Å². The van der Waals surface area contributed by atoms with Gasteiger partial charge in [-0.25, -0.2) is 0 Å². The average Bonchev–Trinajstić information content (AvgIpc) is 3.09. The van der Waals surface area contributed by atoms with Crippen molar-refractivity contribution in [3.8, 4) is 0 Å². The molecule has 2 amide bonds. The van der Waals surface area contributed by atoms with Crippen LogP contribution in [0, 0.1) is 20.2 Å². The Hall–Kier alpha value is -4.10. The number of hydrogen-bond donors (Lipinski definition) is 2. The molecule has 0 bridgehead atoms. The van der Waals surface area contributed by atoms with Crippen molar-refractivity contribution in [2.24, 2.45) is 0 Å². The smallest absolute Gasteiger partial charge is 0.292 e. The number of hydrazine groups is 1. The lowest BCUT2D eigenvalue weighted by atomic mass is 10.2. The summed E-state index contributed by atoms with van der Waals surface area (Å²) in [6, 6.07) is 12.5. The molecule has 0 aromatic heterocycles. The summed E-state index contributed by atoms with van der Waals surface area (Å²) in [6.07, 6.45) is 5.12. The maximum atomic E-state index is 12.6. The third kappa shape index (κ3) is 6.24. The number of carbonyl (C=O) groups excluding carboxylic acids is 2. The van der Waals surface area contributed by atoms with Crippen LogP contribution in [-0.2, 0) is 9.59 Å². The summed E-state index contributed by atoms with van der Waals surface area (Å²) >= 11 is 6.36. The Bertz CT molecular complexity index is 1220. The van der Waals surface area contributed by atoms with Crippen LogP contribution in [0.1, 0.15) is 12.0 Å². The molecule has 174 valence electrons. The van der Waals surface area contributed by atoms with Gasteiger partial charge in [-0.2, -0.15) is 0 Å². The molecule has 2 aromatic carbocycles. The van der Waals surface area contributed by atoms with Crippen molar-refractivity contribution in [3.63, 3.8) is 0 Å². The van der Waals surface area contributed by atoms with E-state index in [2.05, 4.69) is 10.9 Å². The molecule has 1 saturated heterocycles. The number of nitrogens with one attached hydrogen (secondary N) is 2. The molecule has 2 aromatic rings. The molecular formula is C21H17N5O6S2. The molecule has 0 atom stereocenters. The zero-order valence-electron chi connectivity index (χ0n) is 17.4. The van der Waals surface area contributed by atoms with E-state index in [0.717, 1.165) is 35.5 Å². The van der Waals surface area contributed by atoms with Gasteiger partial charge in [-0.05, 0) is 17.7 Å². The highest BCUT2D eigenvalue weighted by Crippen LogP contribution is 2.31. The van der Waals surface area contributed by atoms with Crippen LogP contribution in [0.4, 0.5) is 17.1 Å². The molecule has 3 rings (SSSR count). The zero-order valence-corrected chi connectivity index (χ0v) is 19.0. The third-order valence-corrected chi connectivity index (χ3v) is 5.89. The second-order valence-corrected chi connectivity index (χ2v) is 8.44. The van der Waals surface area contributed by atoms with Gasteiger partial charge in [0.1, 0.15) is 10.0 Å². The fraction of sp³-hybridized carbons (Fsp3) is 0.0952. The van der Waals surface area contributed by atoms with Crippen LogP contribution in [0.25, 0.3) is 6.08 Å². The van der Waals surface area contributed by atoms with Gasteiger partial charge in [-0.15, -0.1) is 0 Å². The number of rotatable bonds is 9. The van der Waals surface area contributed by atoms with Gasteiger partial charge < -0.3 is 0 Å². The summed E-state index contributed by atoms with van der Waals surface area (Å²) in [5.74, 6) is -0.880. The first kappa shape index (κ1) is 24.5. The molecule has 1 heterocycles. The summed E-state index contributed by atoms with van der Waals surface area (Å²) in [6.45, 7) is 0.0142. The number of nitro benzene ring substituents is 2. The molecule has 1 aliphatic heterocycles. The molecular weight excluding hydrogens is 482 g/mol. The molecule has 13 heteroatoms. The van der Waals surface area contributed by atoms with Crippen molar-refractivity contribution >= 4 is 63.3 Å². The lowest BCUT2D eigenvalue weighted by Crippen LogP contribution is -2.35. The Morgan fingerprint density at radius 2 is 1.85 bits per heavy atom. The van der Waals surface area contributed by atoms with Crippen molar-refractivity contribution in [1.82, 2.24) is 10.3 Å². The van der Waals surface area contributed by atoms with Crippen LogP contribution < -0.4 is 10.9 Å². The summed E-state index contributed by atoms with van der Waals surface area (Å²) in [7, 11) is 0. The van der Waals surface area contributed by atoms with E-state index in [4.69, 9.17) is 12.2 Å². The van der Waals surface area contributed by atoms with Crippen molar-refractivity contribution in [2.75, 3.05) is 12.0 Å². The summed E-state index contributed by atoms with van der Waals surface area (Å²) in [4.78, 5) is 46.9. The van der Waals surface area contributed by atoms with Gasteiger partial charge >= 0.3 is 5.69 Å². The van der Waals surface area contributed by atoms with Crippen LogP contribution in [0.15, 0.2) is 65.6 Å². The molecule has 2 N–H and O–H groups in total. The fourth-order valence-electron chi connectivity index (χ4n) is 2.82. The largest absolute Gasteiger partial charge is 0.300 e. The molecule has 34 heavy (non-hydrogen) atoms. The SMILES string of the molecule is O=C(CCN1C(=O)C(=CC=Cc2ccccc2)SC1=S)NNc1ccc([N+](=O)[O-])cc1[N+](=O)[O-]. The highest BCUT2D eigenvalue weighted by Gasteiger charge is 2.31. The van der Waals surface area contributed by atoms with Gasteiger partial charge in [-0.3, -0.25) is 45.6 Å². The number of thiocarbonyl (C=S) groups is 1. The van der Waals surface area contributed by atoms with Crippen molar-refractivity contribution < 1.29 is 19.4 Å². The zero-order chi connectivity index (χ0) is 24.7. The van der Waals surface area contributed by atoms with Gasteiger partial charge in [0.05, 0.1) is 20.8 Å². The summed E-state index contributed by atoms with van der Waals surface area (Å²) in [5, 5.41) is 22.0. The summed E-state index contributed by atoms with van der Waals surface area (Å²) < 4.78 is 0.316. The molecule has 0 saturated carbocycles. The first-order chi connectivity index (χ1) is 16.3. The molecule has 0 unspecified atom stereocenters. The van der Waals surface area contributed by atoms with Crippen LogP contribution >= 0.6 is 24.0 Å². The Balaban J connectivity index is 1.55. The second kappa shape index (κ2) is 11.2. The highest BCUT2D eigenvalue weighted by atomic mass is 32.2. The number of carbonyl (C=O) groups is 2. The van der Waals surface area contributed by atoms with Gasteiger partial charge in [0, 0.05) is 19.0 Å². The standard InChI is InChI=1S/C21H17N5O6S2/c27-19(23-22-16-10-9-15(25(29)30)13-17(16)26(31)32)11-12-24-20(28)18(34-21(24)33)8-4-7-14-5-2-1-3-6-14/h1-10,13,22H,11-12H2,(H,23,27). The van der Waals surface area contributed by atoms with E-state index in [1.807, 2.05) is 36.4 Å². The third-order valence-electron chi connectivity index (χ3n) is 4.50. The van der Waals surface area contributed by atoms with Crippen LogP contribution in [0.2, 0.25) is 0 Å². The Morgan fingerprint density at radius 3 is 2.53 bits per heavy atom. The topological polar surface area (TPSA) is 148 Å². The van der Waals surface area contributed by atoms with Crippen molar-refractivity contribution in [1.29, 1.82) is 0 Å². The minimum absolute atomic E-state index is 0.0142. The number of allylic oxidation sites excluding steroid dienone is 2. The van der Waals surface area contributed by atoms with Gasteiger partial charge in [0.2, 0.25) is 5.91 Å². The van der Waals surface area contributed by atoms with Crippen LogP contribution in [0.3, 0.4) is 0 Å². The predicted octanol–water partition coefficient (Wildman–Crippen LogP) is 3.79. The number of nitrogens with zero attached hydrogens (tertiary/aromatic N) is 3. The van der Waals surface area contributed by atoms with E-state index in [9.17, 15) is 29.8 Å². The number of thioether (sulfide) groups is 1. The Kier molecular flexibility index (Phi) is 8.05. The van der Waals surface area contributed by atoms with Crippen LogP contribution in [0.5, 0.6) is 0 Å². The number of non-ortho nitro benzene ring substituents is 1. The molecule has 1 fully saturated rings. The molecule has 0 aliphatic carbocycles. The lowest BCUT2D eigenvalue weighted by Gasteiger charge is -2.14. The average molecular weight is 500 g/mol. The number of nitro groups is 2. The quantitative estimate of drug-likeness (QED) is 0.227. The molecule has 11 nitrogen and oxygen atoms in total. The fourth-order valence-corrected chi connectivity index (χ4v) is 4.08. The van der Waals surface area contributed by atoms with E-state index < -0.39 is 27.1 Å². The van der Waals surface area contributed by atoms with Crippen molar-refractivity contribution in [3.05, 3.63) is 91.4 Å². The monoisotopic (exact) mass is 499 g/mol. The van der Waals surface area contributed by atoms with Gasteiger partial charge in [-0.1, -0.05) is 66.5 Å². The minimum atomic E-state index is -0.805. The van der Waals surface area contributed by atoms with Gasteiger partial charge in [0.15, 0.2) is 0 Å². The second-order valence-electron chi connectivity index (χ2n) is 6.76. The van der Waals surface area contributed by atoms with E-state index in [1.54, 1.807) is 12.2 Å². The Morgan fingerprint density at radius 1 is 1.12 bits per heavy atom. The molecule has 1 aliphatic rings. The number of benzene rings is 2. The Labute approximate surface area is 202 Å². The first-order valence-electron chi connectivity index (χ1n) is 9.71. The number of amides is 2. The molecule has 0 spiro atoms. The number of hydrogen-bond acceptors (Lipinski definition) is 9. The predicted molar refractivity (Wildman–Crippen MR) is 132 cm³/mol. The van der Waals surface area contributed by atoms with E-state index in [0.29, 0.717) is 9.23 Å². The normalized spacial score (nSPS) is 14.6.